The summed E-state index contributed by atoms with van der Waals surface area (Å²) in [5.41, 5.74) is 0.497. The Morgan fingerprint density at radius 2 is 2.58 bits per heavy atom. The summed E-state index contributed by atoms with van der Waals surface area (Å²) in [5, 5.41) is 11.8. The third kappa shape index (κ3) is 4.40. The van der Waals surface area contributed by atoms with E-state index in [1.54, 1.807) is 25.3 Å². The van der Waals surface area contributed by atoms with Crippen molar-refractivity contribution in [1.82, 2.24) is 10.3 Å². The Balaban J connectivity index is 1.95. The van der Waals surface area contributed by atoms with Gasteiger partial charge in [0, 0.05) is 30.1 Å². The highest BCUT2D eigenvalue weighted by molar-refractivity contribution is 7.99. The van der Waals surface area contributed by atoms with Gasteiger partial charge in [-0.3, -0.25) is 4.79 Å². The normalized spacial score (nSPS) is 20.0. The molecule has 1 aromatic rings. The Morgan fingerprint density at radius 3 is 3.26 bits per heavy atom. The molecule has 1 saturated heterocycles. The van der Waals surface area contributed by atoms with Gasteiger partial charge in [-0.25, -0.2) is 4.98 Å². The summed E-state index contributed by atoms with van der Waals surface area (Å²) in [7, 11) is 0. The maximum Gasteiger partial charge on any atom is 0.251 e. The lowest BCUT2D eigenvalue weighted by Gasteiger charge is -2.12. The predicted molar refractivity (Wildman–Crippen MR) is 74.6 cm³/mol. The molecule has 2 rings (SSSR count). The van der Waals surface area contributed by atoms with Gasteiger partial charge in [-0.05, 0) is 25.2 Å². The molecular formula is C13H18N2O3S. The maximum absolute atomic E-state index is 11.8. The summed E-state index contributed by atoms with van der Waals surface area (Å²) >= 11 is 1.86. The van der Waals surface area contributed by atoms with Gasteiger partial charge in [0.1, 0.15) is 6.10 Å². The third-order valence-electron chi connectivity index (χ3n) is 2.73. The van der Waals surface area contributed by atoms with Gasteiger partial charge in [-0.2, -0.15) is 11.8 Å². The second-order valence-electron chi connectivity index (χ2n) is 4.55. The third-order valence-corrected chi connectivity index (χ3v) is 3.86. The molecule has 2 N–H and O–H groups in total. The molecule has 1 amide bonds. The van der Waals surface area contributed by atoms with E-state index >= 15 is 0 Å². The first-order valence-corrected chi connectivity index (χ1v) is 7.47. The molecule has 0 aliphatic carbocycles. The molecule has 0 aromatic carbocycles. The highest BCUT2D eigenvalue weighted by Crippen LogP contribution is 2.22. The van der Waals surface area contributed by atoms with Gasteiger partial charge in [-0.1, -0.05) is 0 Å². The van der Waals surface area contributed by atoms with Crippen molar-refractivity contribution >= 4 is 17.7 Å². The van der Waals surface area contributed by atoms with Gasteiger partial charge in [0.25, 0.3) is 5.91 Å². The van der Waals surface area contributed by atoms with Gasteiger partial charge >= 0.3 is 0 Å². The zero-order chi connectivity index (χ0) is 13.7. The number of aliphatic hydroxyl groups excluding tert-OH is 1. The van der Waals surface area contributed by atoms with E-state index in [1.165, 1.54) is 0 Å². The molecule has 1 aromatic heterocycles. The number of rotatable bonds is 5. The molecule has 0 bridgehead atoms. The standard InChI is InChI=1S/C13H18N2O3S/c1-9(16)7-15-13(17)10-2-4-14-12(6-10)18-11-3-5-19-8-11/h2,4,6,9,11,16H,3,5,7-8H2,1H3,(H,15,17). The topological polar surface area (TPSA) is 71.5 Å². The quantitative estimate of drug-likeness (QED) is 0.845. The van der Waals surface area contributed by atoms with E-state index in [0.717, 1.165) is 17.9 Å². The first-order valence-electron chi connectivity index (χ1n) is 6.32. The van der Waals surface area contributed by atoms with Crippen LogP contribution in [0, 0.1) is 0 Å². The number of ether oxygens (including phenoxy) is 1. The highest BCUT2D eigenvalue weighted by atomic mass is 32.2. The van der Waals surface area contributed by atoms with E-state index in [0.29, 0.717) is 11.4 Å². The number of carbonyl (C=O) groups excluding carboxylic acids is 1. The van der Waals surface area contributed by atoms with Crippen LogP contribution >= 0.6 is 11.8 Å². The van der Waals surface area contributed by atoms with Crippen LogP contribution in [0.15, 0.2) is 18.3 Å². The minimum absolute atomic E-state index is 0.188. The Morgan fingerprint density at radius 1 is 1.74 bits per heavy atom. The van der Waals surface area contributed by atoms with Crippen molar-refractivity contribution in [3.05, 3.63) is 23.9 Å². The fourth-order valence-electron chi connectivity index (χ4n) is 1.73. The highest BCUT2D eigenvalue weighted by Gasteiger charge is 2.18. The second kappa shape index (κ2) is 6.77. The molecule has 5 nitrogen and oxygen atoms in total. The van der Waals surface area contributed by atoms with Crippen LogP contribution in [0.5, 0.6) is 5.88 Å². The summed E-state index contributed by atoms with van der Waals surface area (Å²) in [6.45, 7) is 1.86. The van der Waals surface area contributed by atoms with Crippen LogP contribution in [0.3, 0.4) is 0 Å². The molecule has 1 aliphatic rings. The Bertz CT molecular complexity index is 434. The maximum atomic E-state index is 11.8. The number of amides is 1. The Labute approximate surface area is 116 Å². The van der Waals surface area contributed by atoms with Crippen molar-refractivity contribution in [1.29, 1.82) is 0 Å². The van der Waals surface area contributed by atoms with Crippen LogP contribution in [0.2, 0.25) is 0 Å². The number of hydrogen-bond acceptors (Lipinski definition) is 5. The van der Waals surface area contributed by atoms with Crippen molar-refractivity contribution < 1.29 is 14.6 Å². The zero-order valence-electron chi connectivity index (χ0n) is 10.8. The first-order chi connectivity index (χ1) is 9.15. The Kier molecular flexibility index (Phi) is 5.04. The Hall–Kier alpha value is -1.27. The number of thioether (sulfide) groups is 1. The van der Waals surface area contributed by atoms with Gasteiger partial charge < -0.3 is 15.2 Å². The van der Waals surface area contributed by atoms with Gasteiger partial charge in [-0.15, -0.1) is 0 Å². The summed E-state index contributed by atoms with van der Waals surface area (Å²) in [4.78, 5) is 15.9. The largest absolute Gasteiger partial charge is 0.473 e. The van der Waals surface area contributed by atoms with E-state index in [-0.39, 0.29) is 18.6 Å². The van der Waals surface area contributed by atoms with Gasteiger partial charge in [0.2, 0.25) is 5.88 Å². The summed E-state index contributed by atoms with van der Waals surface area (Å²) in [6.07, 6.45) is 2.21. The monoisotopic (exact) mass is 282 g/mol. The fourth-order valence-corrected chi connectivity index (χ4v) is 2.83. The van der Waals surface area contributed by atoms with Crippen molar-refractivity contribution in [2.24, 2.45) is 0 Å². The molecule has 6 heteroatoms. The number of aromatic nitrogens is 1. The molecule has 2 atom stereocenters. The lowest BCUT2D eigenvalue weighted by Crippen LogP contribution is -2.30. The van der Waals surface area contributed by atoms with Crippen LogP contribution in [0.1, 0.15) is 23.7 Å². The minimum atomic E-state index is -0.558. The smallest absolute Gasteiger partial charge is 0.251 e. The SMILES string of the molecule is CC(O)CNC(=O)c1ccnc(OC2CCSC2)c1. The second-order valence-corrected chi connectivity index (χ2v) is 5.70. The summed E-state index contributed by atoms with van der Waals surface area (Å²) < 4.78 is 5.73. The summed E-state index contributed by atoms with van der Waals surface area (Å²) in [6, 6.07) is 3.27. The minimum Gasteiger partial charge on any atom is -0.473 e. The molecule has 2 unspecified atom stereocenters. The summed E-state index contributed by atoms with van der Waals surface area (Å²) in [5.74, 6) is 2.34. The van der Waals surface area contributed by atoms with Gasteiger partial charge in [0.15, 0.2) is 0 Å². The van der Waals surface area contributed by atoms with Crippen molar-refractivity contribution in [2.45, 2.75) is 25.6 Å². The van der Waals surface area contributed by atoms with Gasteiger partial charge in [0.05, 0.1) is 6.10 Å². The molecule has 2 heterocycles. The van der Waals surface area contributed by atoms with Crippen LogP contribution in [-0.4, -0.2) is 46.3 Å². The molecule has 0 radical (unpaired) electrons. The number of hydrogen-bond donors (Lipinski definition) is 2. The lowest BCUT2D eigenvalue weighted by molar-refractivity contribution is 0.0923. The van der Waals surface area contributed by atoms with Crippen LogP contribution < -0.4 is 10.1 Å². The van der Waals surface area contributed by atoms with Crippen molar-refractivity contribution in [2.75, 3.05) is 18.1 Å². The lowest BCUT2D eigenvalue weighted by atomic mass is 10.2. The molecule has 0 saturated carbocycles. The number of nitrogens with one attached hydrogen (secondary N) is 1. The zero-order valence-corrected chi connectivity index (χ0v) is 11.7. The molecule has 19 heavy (non-hydrogen) atoms. The van der Waals surface area contributed by atoms with Crippen LogP contribution in [-0.2, 0) is 0 Å². The molecular weight excluding hydrogens is 264 g/mol. The van der Waals surface area contributed by atoms with E-state index in [9.17, 15) is 4.79 Å². The van der Waals surface area contributed by atoms with E-state index in [1.807, 2.05) is 11.8 Å². The average Bonchev–Trinajstić information content (AvgIpc) is 2.89. The number of nitrogens with zero attached hydrogens (tertiary/aromatic N) is 1. The molecule has 1 fully saturated rings. The molecule has 0 spiro atoms. The fraction of sp³-hybridized carbons (Fsp3) is 0.538. The number of aliphatic hydroxyl groups is 1. The number of pyridine rings is 1. The van der Waals surface area contributed by atoms with E-state index < -0.39 is 6.10 Å². The van der Waals surface area contributed by atoms with Crippen LogP contribution in [0.4, 0.5) is 0 Å². The molecule has 104 valence electrons. The number of carbonyl (C=O) groups is 1. The first kappa shape index (κ1) is 14.1. The van der Waals surface area contributed by atoms with Crippen molar-refractivity contribution in [3.63, 3.8) is 0 Å². The predicted octanol–water partition coefficient (Wildman–Crippen LogP) is 1.08. The van der Waals surface area contributed by atoms with Crippen molar-refractivity contribution in [3.8, 4) is 5.88 Å². The molecule has 1 aliphatic heterocycles. The van der Waals surface area contributed by atoms with Crippen LogP contribution in [0.25, 0.3) is 0 Å². The average molecular weight is 282 g/mol. The van der Waals surface area contributed by atoms with E-state index in [2.05, 4.69) is 10.3 Å². The van der Waals surface area contributed by atoms with E-state index in [4.69, 9.17) is 9.84 Å².